The summed E-state index contributed by atoms with van der Waals surface area (Å²) < 4.78 is 37.9. The largest absolute Gasteiger partial charge is 0.394 e. The van der Waals surface area contributed by atoms with Crippen LogP contribution < -0.4 is 5.73 Å². The first kappa shape index (κ1) is 13.0. The van der Waals surface area contributed by atoms with Crippen LogP contribution in [-0.4, -0.2) is 27.4 Å². The third-order valence-electron chi connectivity index (χ3n) is 2.27. The van der Waals surface area contributed by atoms with Crippen molar-refractivity contribution >= 4 is 0 Å². The van der Waals surface area contributed by atoms with Gasteiger partial charge < -0.3 is 15.4 Å². The Labute approximate surface area is 90.9 Å². The molecule has 0 aliphatic heterocycles. The lowest BCUT2D eigenvalue weighted by atomic mass is 10.2. The van der Waals surface area contributed by atoms with Crippen LogP contribution in [0.4, 0.5) is 13.2 Å². The third kappa shape index (κ3) is 3.21. The number of alkyl halides is 3. The molecule has 0 radical (unpaired) electrons. The molecule has 0 saturated carbocycles. The Hall–Kier alpha value is -1.08. The molecular weight excluding hydrogens is 223 g/mol. The van der Waals surface area contributed by atoms with Crippen molar-refractivity contribution in [1.82, 2.24) is 9.55 Å². The van der Waals surface area contributed by atoms with Crippen molar-refractivity contribution in [2.75, 3.05) is 6.61 Å². The van der Waals surface area contributed by atoms with Gasteiger partial charge in [-0.3, -0.25) is 0 Å². The van der Waals surface area contributed by atoms with Gasteiger partial charge >= 0.3 is 6.18 Å². The zero-order valence-corrected chi connectivity index (χ0v) is 8.78. The monoisotopic (exact) mass is 237 g/mol. The molecular formula is C9H14F3N3O. The quantitative estimate of drug-likeness (QED) is 0.831. The van der Waals surface area contributed by atoms with Crippen LogP contribution in [0.3, 0.4) is 0 Å². The lowest BCUT2D eigenvalue weighted by Crippen LogP contribution is -2.23. The molecule has 0 fully saturated rings. The molecule has 0 aliphatic carbocycles. The average molecular weight is 237 g/mol. The van der Waals surface area contributed by atoms with Crippen LogP contribution in [0, 0.1) is 0 Å². The van der Waals surface area contributed by atoms with E-state index in [-0.39, 0.29) is 6.61 Å². The Morgan fingerprint density at radius 2 is 2.19 bits per heavy atom. The summed E-state index contributed by atoms with van der Waals surface area (Å²) in [6, 6.07) is -1.49. The number of hydrogen-bond acceptors (Lipinski definition) is 3. The molecule has 0 aliphatic rings. The highest BCUT2D eigenvalue weighted by molar-refractivity contribution is 5.06. The number of nitrogens with zero attached hydrogens (tertiary/aromatic N) is 2. The van der Waals surface area contributed by atoms with Crippen molar-refractivity contribution in [1.29, 1.82) is 0 Å². The second kappa shape index (κ2) is 4.84. The van der Waals surface area contributed by atoms with Crippen molar-refractivity contribution in [3.8, 4) is 0 Å². The lowest BCUT2D eigenvalue weighted by Gasteiger charge is -2.20. The molecule has 0 spiro atoms. The van der Waals surface area contributed by atoms with Crippen LogP contribution in [0.2, 0.25) is 0 Å². The van der Waals surface area contributed by atoms with Crippen LogP contribution in [0.1, 0.15) is 31.1 Å². The Morgan fingerprint density at radius 3 is 2.69 bits per heavy atom. The topological polar surface area (TPSA) is 64.1 Å². The molecule has 2 unspecified atom stereocenters. The highest BCUT2D eigenvalue weighted by Gasteiger charge is 2.31. The molecule has 0 amide bonds. The van der Waals surface area contributed by atoms with Crippen LogP contribution >= 0.6 is 0 Å². The summed E-state index contributed by atoms with van der Waals surface area (Å²) in [6.45, 7) is 1.10. The van der Waals surface area contributed by atoms with E-state index in [1.807, 2.05) is 0 Å². The molecule has 3 N–H and O–H groups in total. The second-order valence-electron chi connectivity index (χ2n) is 3.68. The predicted molar refractivity (Wildman–Crippen MR) is 51.6 cm³/mol. The van der Waals surface area contributed by atoms with Gasteiger partial charge in [0, 0.05) is 12.2 Å². The van der Waals surface area contributed by atoms with Crippen LogP contribution in [0.25, 0.3) is 0 Å². The Balaban J connectivity index is 2.83. The van der Waals surface area contributed by atoms with Gasteiger partial charge in [0.25, 0.3) is 0 Å². The number of hydrogen-bond donors (Lipinski definition) is 2. The van der Waals surface area contributed by atoms with Gasteiger partial charge in [0.15, 0.2) is 0 Å². The predicted octanol–water partition coefficient (Wildman–Crippen LogP) is 1.39. The lowest BCUT2D eigenvalue weighted by molar-refractivity contribution is -0.141. The zero-order valence-electron chi connectivity index (χ0n) is 8.78. The summed E-state index contributed by atoms with van der Waals surface area (Å²) >= 11 is 0. The van der Waals surface area contributed by atoms with Gasteiger partial charge in [-0.25, -0.2) is 4.98 Å². The maximum absolute atomic E-state index is 12.2. The van der Waals surface area contributed by atoms with E-state index in [1.165, 1.54) is 24.0 Å². The molecule has 92 valence electrons. The molecule has 1 aromatic heterocycles. The van der Waals surface area contributed by atoms with Gasteiger partial charge in [0.1, 0.15) is 0 Å². The van der Waals surface area contributed by atoms with Gasteiger partial charge in [-0.05, 0) is 6.92 Å². The van der Waals surface area contributed by atoms with E-state index in [0.717, 1.165) is 0 Å². The first-order chi connectivity index (χ1) is 7.35. The highest BCUT2D eigenvalue weighted by atomic mass is 19.4. The second-order valence-corrected chi connectivity index (χ2v) is 3.68. The van der Waals surface area contributed by atoms with E-state index >= 15 is 0 Å². The molecule has 16 heavy (non-hydrogen) atoms. The number of rotatable bonds is 4. The summed E-state index contributed by atoms with van der Waals surface area (Å²) in [7, 11) is 0. The van der Waals surface area contributed by atoms with E-state index in [2.05, 4.69) is 4.98 Å². The smallest absolute Gasteiger partial charge is 0.391 e. The summed E-state index contributed by atoms with van der Waals surface area (Å²) in [6.07, 6.45) is -2.52. The van der Waals surface area contributed by atoms with E-state index in [1.54, 1.807) is 0 Å². The molecule has 0 bridgehead atoms. The molecule has 1 aromatic rings. The summed E-state index contributed by atoms with van der Waals surface area (Å²) in [5.41, 5.74) is 5.95. The summed E-state index contributed by atoms with van der Waals surface area (Å²) in [5.74, 6) is 0. The van der Waals surface area contributed by atoms with Crippen LogP contribution in [0.15, 0.2) is 12.5 Å². The minimum atomic E-state index is -4.23. The Kier molecular flexibility index (Phi) is 3.93. The van der Waals surface area contributed by atoms with Crippen LogP contribution in [-0.2, 0) is 0 Å². The van der Waals surface area contributed by atoms with Gasteiger partial charge in [-0.1, -0.05) is 0 Å². The molecule has 0 saturated heterocycles. The number of nitrogens with two attached hydrogens (primary N) is 1. The Bertz CT molecular complexity index is 337. The minimum absolute atomic E-state index is 0.329. The average Bonchev–Trinajstić information content (AvgIpc) is 2.62. The molecule has 1 heterocycles. The van der Waals surface area contributed by atoms with Gasteiger partial charge in [-0.15, -0.1) is 0 Å². The van der Waals surface area contributed by atoms with Crippen molar-refractivity contribution in [2.24, 2.45) is 5.73 Å². The fraction of sp³-hybridized carbons (Fsp3) is 0.667. The maximum Gasteiger partial charge on any atom is 0.391 e. The van der Waals surface area contributed by atoms with E-state index in [0.29, 0.717) is 5.69 Å². The molecule has 4 nitrogen and oxygen atoms in total. The Morgan fingerprint density at radius 1 is 1.56 bits per heavy atom. The molecule has 1 rings (SSSR count). The SMILES string of the molecule is CC(CC(F)(F)F)n1cncc1C(N)CO. The maximum atomic E-state index is 12.2. The zero-order chi connectivity index (χ0) is 12.3. The third-order valence-corrected chi connectivity index (χ3v) is 2.27. The number of aromatic nitrogens is 2. The van der Waals surface area contributed by atoms with Crippen molar-refractivity contribution in [3.05, 3.63) is 18.2 Å². The minimum Gasteiger partial charge on any atom is -0.394 e. The molecule has 7 heteroatoms. The fourth-order valence-electron chi connectivity index (χ4n) is 1.50. The number of aliphatic hydroxyl groups excluding tert-OH is 1. The van der Waals surface area contributed by atoms with Gasteiger partial charge in [0.2, 0.25) is 0 Å². The molecule has 2 atom stereocenters. The van der Waals surface area contributed by atoms with Gasteiger partial charge in [-0.2, -0.15) is 13.2 Å². The van der Waals surface area contributed by atoms with Crippen molar-refractivity contribution in [3.63, 3.8) is 0 Å². The number of imidazole rings is 1. The summed E-state index contributed by atoms with van der Waals surface area (Å²) in [4.78, 5) is 3.75. The normalized spacial score (nSPS) is 16.1. The number of halogens is 3. The standard InChI is InChI=1S/C9H14F3N3O/c1-6(2-9(10,11)12)15-5-14-3-8(15)7(13)4-16/h3,5-7,16H,2,4,13H2,1H3. The van der Waals surface area contributed by atoms with Gasteiger partial charge in [0.05, 0.1) is 31.1 Å². The summed E-state index contributed by atoms with van der Waals surface area (Å²) in [5, 5.41) is 8.86. The van der Waals surface area contributed by atoms with E-state index < -0.39 is 24.7 Å². The fourth-order valence-corrected chi connectivity index (χ4v) is 1.50. The first-order valence-corrected chi connectivity index (χ1v) is 4.80. The molecule has 0 aromatic carbocycles. The van der Waals surface area contributed by atoms with Crippen molar-refractivity contribution in [2.45, 2.75) is 31.6 Å². The van der Waals surface area contributed by atoms with E-state index in [4.69, 9.17) is 10.8 Å². The van der Waals surface area contributed by atoms with E-state index in [9.17, 15) is 13.2 Å². The van der Waals surface area contributed by atoms with Crippen molar-refractivity contribution < 1.29 is 18.3 Å². The first-order valence-electron chi connectivity index (χ1n) is 4.80. The highest BCUT2D eigenvalue weighted by Crippen LogP contribution is 2.28. The van der Waals surface area contributed by atoms with Crippen LogP contribution in [0.5, 0.6) is 0 Å². The number of aliphatic hydroxyl groups is 1.